The lowest BCUT2D eigenvalue weighted by Crippen LogP contribution is -2.21. The lowest BCUT2D eigenvalue weighted by atomic mass is 10.1. The van der Waals surface area contributed by atoms with Crippen LogP contribution in [0.3, 0.4) is 0 Å². The molecule has 0 bridgehead atoms. The van der Waals surface area contributed by atoms with E-state index in [0.717, 1.165) is 10.5 Å². The number of thioether (sulfide) groups is 4. The van der Waals surface area contributed by atoms with Crippen molar-refractivity contribution in [2.75, 3.05) is 23.0 Å². The van der Waals surface area contributed by atoms with Crippen LogP contribution < -0.4 is 0 Å². The second-order valence-electron chi connectivity index (χ2n) is 4.71. The molecule has 3 rings (SSSR count). The summed E-state index contributed by atoms with van der Waals surface area (Å²) in [4.78, 5) is 0. The van der Waals surface area contributed by atoms with Gasteiger partial charge in [-0.15, -0.1) is 0 Å². The van der Waals surface area contributed by atoms with Crippen LogP contribution >= 0.6 is 47.0 Å². The summed E-state index contributed by atoms with van der Waals surface area (Å²) in [7, 11) is 0. The Morgan fingerprint density at radius 3 is 1.61 bits per heavy atom. The lowest BCUT2D eigenvalue weighted by Gasteiger charge is -2.26. The Morgan fingerprint density at radius 1 is 0.833 bits per heavy atom. The number of benzene rings is 1. The van der Waals surface area contributed by atoms with Crippen molar-refractivity contribution in [2.45, 2.75) is 22.0 Å². The molecule has 0 nitrogen and oxygen atoms in total. The minimum atomic E-state index is 0.916. The summed E-state index contributed by atoms with van der Waals surface area (Å²) in [5, 5.41) is 1.83. The van der Waals surface area contributed by atoms with Crippen LogP contribution in [-0.2, 0) is 11.5 Å². The molecule has 0 saturated carbocycles. The topological polar surface area (TPSA) is 0 Å². The summed E-state index contributed by atoms with van der Waals surface area (Å²) in [5.41, 5.74) is 3.14. The van der Waals surface area contributed by atoms with E-state index >= 15 is 0 Å². The molecule has 2 saturated heterocycles. The number of hydrogen-bond acceptors (Lipinski definition) is 4. The SMILES string of the molecule is c1ccc(CSC2CSC2)c(CSC2CSC2)c1. The van der Waals surface area contributed by atoms with Gasteiger partial charge in [-0.1, -0.05) is 24.3 Å². The normalized spacial score (nSPS) is 20.4. The monoisotopic (exact) mass is 314 g/mol. The van der Waals surface area contributed by atoms with Gasteiger partial charge in [0, 0.05) is 45.0 Å². The fraction of sp³-hybridized carbons (Fsp3) is 0.571. The summed E-state index contributed by atoms with van der Waals surface area (Å²) in [5.74, 6) is 7.87. The van der Waals surface area contributed by atoms with Gasteiger partial charge in [0.25, 0.3) is 0 Å². The first-order valence-electron chi connectivity index (χ1n) is 6.37. The van der Waals surface area contributed by atoms with E-state index in [1.54, 1.807) is 11.1 Å². The van der Waals surface area contributed by atoms with Crippen molar-refractivity contribution < 1.29 is 0 Å². The van der Waals surface area contributed by atoms with E-state index < -0.39 is 0 Å². The van der Waals surface area contributed by atoms with Crippen molar-refractivity contribution in [1.82, 2.24) is 0 Å². The first-order chi connectivity index (χ1) is 8.92. The largest absolute Gasteiger partial charge is 0.160 e. The van der Waals surface area contributed by atoms with Crippen LogP contribution in [0.1, 0.15) is 11.1 Å². The summed E-state index contributed by atoms with van der Waals surface area (Å²) in [6.07, 6.45) is 0. The Hall–Kier alpha value is 0.620. The molecule has 18 heavy (non-hydrogen) atoms. The maximum Gasteiger partial charge on any atom is 0.0232 e. The fourth-order valence-corrected chi connectivity index (χ4v) is 6.82. The third kappa shape index (κ3) is 3.59. The molecule has 2 aliphatic rings. The third-order valence-corrected chi connectivity index (χ3v) is 9.24. The molecule has 1 aromatic carbocycles. The van der Waals surface area contributed by atoms with Crippen molar-refractivity contribution in [3.05, 3.63) is 35.4 Å². The van der Waals surface area contributed by atoms with Crippen molar-refractivity contribution in [3.63, 3.8) is 0 Å². The standard InChI is InChI=1S/C14H18S4/c1-2-4-12(6-18-14-9-16-10-14)11(3-1)5-17-13-7-15-8-13/h1-4,13-14H,5-10H2. The maximum absolute atomic E-state index is 2.32. The van der Waals surface area contributed by atoms with Gasteiger partial charge in [0.15, 0.2) is 0 Å². The van der Waals surface area contributed by atoms with Crippen LogP contribution in [0.5, 0.6) is 0 Å². The highest BCUT2D eigenvalue weighted by atomic mass is 32.2. The van der Waals surface area contributed by atoms with Crippen LogP contribution in [0, 0.1) is 0 Å². The van der Waals surface area contributed by atoms with E-state index in [1.165, 1.54) is 34.5 Å². The van der Waals surface area contributed by atoms with E-state index in [0.29, 0.717) is 0 Å². The fourth-order valence-electron chi connectivity index (χ4n) is 1.87. The Morgan fingerprint density at radius 2 is 1.28 bits per heavy atom. The van der Waals surface area contributed by atoms with Gasteiger partial charge in [-0.3, -0.25) is 0 Å². The van der Waals surface area contributed by atoms with Crippen molar-refractivity contribution in [3.8, 4) is 0 Å². The van der Waals surface area contributed by atoms with Gasteiger partial charge in [-0.05, 0) is 11.1 Å². The predicted molar refractivity (Wildman–Crippen MR) is 91.3 cm³/mol. The van der Waals surface area contributed by atoms with Crippen molar-refractivity contribution in [2.24, 2.45) is 0 Å². The summed E-state index contributed by atoms with van der Waals surface area (Å²) >= 11 is 8.46. The van der Waals surface area contributed by atoms with Crippen LogP contribution in [-0.4, -0.2) is 33.5 Å². The first kappa shape index (κ1) is 13.6. The molecule has 0 N–H and O–H groups in total. The molecule has 4 heteroatoms. The molecule has 0 atom stereocenters. The Balaban J connectivity index is 1.53. The Kier molecular flexibility index (Phi) is 5.19. The van der Waals surface area contributed by atoms with Gasteiger partial charge in [0.2, 0.25) is 0 Å². The zero-order chi connectivity index (χ0) is 12.2. The lowest BCUT2D eigenvalue weighted by molar-refractivity contribution is 1.07. The van der Waals surface area contributed by atoms with Gasteiger partial charge < -0.3 is 0 Å². The van der Waals surface area contributed by atoms with Crippen LogP contribution in [0.4, 0.5) is 0 Å². The van der Waals surface area contributed by atoms with E-state index in [9.17, 15) is 0 Å². The Bertz CT molecular complexity index is 348. The minimum Gasteiger partial charge on any atom is -0.160 e. The van der Waals surface area contributed by atoms with Gasteiger partial charge in [-0.25, -0.2) is 0 Å². The highest BCUT2D eigenvalue weighted by Crippen LogP contribution is 2.34. The van der Waals surface area contributed by atoms with Crippen molar-refractivity contribution >= 4 is 47.0 Å². The molecule has 0 amide bonds. The quantitative estimate of drug-likeness (QED) is 0.763. The van der Waals surface area contributed by atoms with E-state index in [4.69, 9.17) is 0 Å². The number of rotatable bonds is 6. The summed E-state index contributed by atoms with van der Waals surface area (Å²) in [6, 6.07) is 9.03. The minimum absolute atomic E-state index is 0.916. The molecule has 2 heterocycles. The highest BCUT2D eigenvalue weighted by molar-refractivity contribution is 8.07. The van der Waals surface area contributed by atoms with E-state index in [-0.39, 0.29) is 0 Å². The average molecular weight is 315 g/mol. The average Bonchev–Trinajstić information content (AvgIpc) is 2.27. The molecular weight excluding hydrogens is 296 g/mol. The second kappa shape index (κ2) is 6.87. The smallest absolute Gasteiger partial charge is 0.0232 e. The summed E-state index contributed by atoms with van der Waals surface area (Å²) < 4.78 is 0. The molecule has 2 aliphatic heterocycles. The molecule has 1 aromatic rings. The maximum atomic E-state index is 2.32. The Labute approximate surface area is 127 Å². The molecule has 98 valence electrons. The second-order valence-corrected chi connectivity index (χ2v) is 9.44. The predicted octanol–water partition coefficient (Wildman–Crippen LogP) is 4.38. The number of hydrogen-bond donors (Lipinski definition) is 0. The van der Waals surface area contributed by atoms with Crippen LogP contribution in [0.15, 0.2) is 24.3 Å². The van der Waals surface area contributed by atoms with Crippen molar-refractivity contribution in [1.29, 1.82) is 0 Å². The van der Waals surface area contributed by atoms with Gasteiger partial charge in [-0.2, -0.15) is 47.0 Å². The van der Waals surface area contributed by atoms with Crippen LogP contribution in [0.25, 0.3) is 0 Å². The molecular formula is C14H18S4. The zero-order valence-corrected chi connectivity index (χ0v) is 13.6. The van der Waals surface area contributed by atoms with Gasteiger partial charge in [0.1, 0.15) is 0 Å². The summed E-state index contributed by atoms with van der Waals surface area (Å²) in [6.45, 7) is 0. The molecule has 2 fully saturated rings. The van der Waals surface area contributed by atoms with E-state index in [2.05, 4.69) is 71.3 Å². The first-order valence-corrected chi connectivity index (χ1v) is 10.8. The zero-order valence-electron chi connectivity index (χ0n) is 10.3. The molecule has 0 aliphatic carbocycles. The van der Waals surface area contributed by atoms with Gasteiger partial charge >= 0.3 is 0 Å². The van der Waals surface area contributed by atoms with Crippen LogP contribution in [0.2, 0.25) is 0 Å². The van der Waals surface area contributed by atoms with Gasteiger partial charge in [0.05, 0.1) is 0 Å². The molecule has 0 unspecified atom stereocenters. The molecule has 0 spiro atoms. The molecule has 0 aromatic heterocycles. The third-order valence-electron chi connectivity index (χ3n) is 3.28. The van der Waals surface area contributed by atoms with E-state index in [1.807, 2.05) is 0 Å². The molecule has 0 radical (unpaired) electrons. The highest BCUT2D eigenvalue weighted by Gasteiger charge is 2.20.